The highest BCUT2D eigenvalue weighted by atomic mass is 32.1. The van der Waals surface area contributed by atoms with Gasteiger partial charge in [0.1, 0.15) is 0 Å². The van der Waals surface area contributed by atoms with Gasteiger partial charge in [-0.1, -0.05) is 133 Å². The maximum absolute atomic E-state index is 5.42. The van der Waals surface area contributed by atoms with Crippen LogP contribution in [0.15, 0.2) is 176 Å². The van der Waals surface area contributed by atoms with E-state index < -0.39 is 0 Å². The van der Waals surface area contributed by atoms with Crippen molar-refractivity contribution in [2.24, 2.45) is 0 Å². The maximum Gasteiger partial charge on any atom is 0.160 e. The van der Waals surface area contributed by atoms with Gasteiger partial charge in [0.2, 0.25) is 0 Å². The molecule has 0 fully saturated rings. The largest absolute Gasteiger partial charge is 0.309 e. The van der Waals surface area contributed by atoms with Gasteiger partial charge in [-0.15, -0.1) is 11.3 Å². The number of benzene rings is 8. The van der Waals surface area contributed by atoms with Gasteiger partial charge in [-0.05, 0) is 59.0 Å². The smallest absolute Gasteiger partial charge is 0.160 e. The highest BCUT2D eigenvalue weighted by Crippen LogP contribution is 2.43. The molecule has 0 radical (unpaired) electrons. The molecule has 0 atom stereocenters. The van der Waals surface area contributed by atoms with Crippen molar-refractivity contribution in [3.8, 4) is 39.5 Å². The van der Waals surface area contributed by atoms with Crippen LogP contribution in [0.25, 0.3) is 103 Å². The van der Waals surface area contributed by atoms with Crippen LogP contribution in [0, 0.1) is 0 Å². The fraction of sp³-hybridized carbons (Fsp3) is 0. The SMILES string of the molecule is c1ccc(-c2nc(-c3cc(-c4cccc5c4sc4ccccc45)cc(-n4c5ccccc5c5ccccc54)c3)nc3c2ccc2ccccc23)cc1. The molecule has 4 heteroatoms. The summed E-state index contributed by atoms with van der Waals surface area (Å²) < 4.78 is 4.97. The molecule has 0 amide bonds. The summed E-state index contributed by atoms with van der Waals surface area (Å²) in [4.78, 5) is 10.8. The molecule has 0 N–H and O–H groups in total. The van der Waals surface area contributed by atoms with E-state index in [1.807, 2.05) is 11.3 Å². The first-order chi connectivity index (χ1) is 25.8. The molecule has 242 valence electrons. The molecule has 0 saturated carbocycles. The molecule has 11 rings (SSSR count). The Morgan fingerprint density at radius 3 is 1.88 bits per heavy atom. The van der Waals surface area contributed by atoms with E-state index in [0.717, 1.165) is 49.7 Å². The van der Waals surface area contributed by atoms with Crippen molar-refractivity contribution in [3.63, 3.8) is 0 Å². The van der Waals surface area contributed by atoms with Gasteiger partial charge in [0.05, 0.1) is 22.2 Å². The van der Waals surface area contributed by atoms with Crippen LogP contribution in [-0.4, -0.2) is 14.5 Å². The molecule has 0 aliphatic heterocycles. The number of aromatic nitrogens is 3. The van der Waals surface area contributed by atoms with Gasteiger partial charge in [-0.2, -0.15) is 0 Å². The molecule has 8 aromatic carbocycles. The number of hydrogen-bond donors (Lipinski definition) is 0. The van der Waals surface area contributed by atoms with Gasteiger partial charge in [-0.25, -0.2) is 9.97 Å². The standard InChI is InChI=1S/C48H29N3S/c1-2-14-31(15-3-1)45-41-26-25-30-13-4-5-16-35(30)46(41)50-48(49-45)33-27-32(36-20-12-21-40-39-19-8-11-24-44(39)52-47(36)40)28-34(29-33)51-42-22-9-6-17-37(42)38-18-7-10-23-43(38)51/h1-29H. The van der Waals surface area contributed by atoms with E-state index in [-0.39, 0.29) is 0 Å². The Balaban J connectivity index is 1.26. The Morgan fingerprint density at radius 1 is 0.423 bits per heavy atom. The van der Waals surface area contributed by atoms with E-state index in [4.69, 9.17) is 9.97 Å². The second-order valence-corrected chi connectivity index (χ2v) is 14.4. The summed E-state index contributed by atoms with van der Waals surface area (Å²) in [5.74, 6) is 0.704. The Labute approximate surface area is 303 Å². The summed E-state index contributed by atoms with van der Waals surface area (Å²) in [5, 5.41) is 8.36. The molecule has 0 unspecified atom stereocenters. The minimum Gasteiger partial charge on any atom is -0.309 e. The summed E-state index contributed by atoms with van der Waals surface area (Å²) in [5.41, 5.74) is 9.68. The fourth-order valence-electron chi connectivity index (χ4n) is 8.01. The van der Waals surface area contributed by atoms with Crippen LogP contribution in [0.4, 0.5) is 0 Å². The number of nitrogens with zero attached hydrogens (tertiary/aromatic N) is 3. The van der Waals surface area contributed by atoms with E-state index in [9.17, 15) is 0 Å². The van der Waals surface area contributed by atoms with Crippen molar-refractivity contribution < 1.29 is 0 Å². The van der Waals surface area contributed by atoms with Gasteiger partial charge in [0.25, 0.3) is 0 Å². The lowest BCUT2D eigenvalue weighted by atomic mass is 9.98. The van der Waals surface area contributed by atoms with E-state index >= 15 is 0 Å². The molecular formula is C48H29N3S. The molecule has 11 aromatic rings. The second-order valence-electron chi connectivity index (χ2n) is 13.4. The van der Waals surface area contributed by atoms with Crippen LogP contribution in [0.1, 0.15) is 0 Å². The third-order valence-corrected chi connectivity index (χ3v) is 11.6. The van der Waals surface area contributed by atoms with Crippen molar-refractivity contribution >= 4 is 75.0 Å². The molecule has 0 aliphatic carbocycles. The van der Waals surface area contributed by atoms with Crippen molar-refractivity contribution in [1.82, 2.24) is 14.5 Å². The Kier molecular flexibility index (Phi) is 6.42. The first kappa shape index (κ1) is 29.1. The maximum atomic E-state index is 5.42. The van der Waals surface area contributed by atoms with Gasteiger partial charge in [-0.3, -0.25) is 0 Å². The van der Waals surface area contributed by atoms with Crippen LogP contribution >= 0.6 is 11.3 Å². The monoisotopic (exact) mass is 679 g/mol. The van der Waals surface area contributed by atoms with Gasteiger partial charge in [0, 0.05) is 58.5 Å². The van der Waals surface area contributed by atoms with E-state index in [0.29, 0.717) is 5.82 Å². The number of hydrogen-bond acceptors (Lipinski definition) is 3. The zero-order chi connectivity index (χ0) is 34.2. The number of thiophene rings is 1. The topological polar surface area (TPSA) is 30.7 Å². The first-order valence-corrected chi connectivity index (χ1v) is 18.4. The summed E-state index contributed by atoms with van der Waals surface area (Å²) in [7, 11) is 0. The van der Waals surface area contributed by atoms with Gasteiger partial charge >= 0.3 is 0 Å². The molecule has 3 aromatic heterocycles. The lowest BCUT2D eigenvalue weighted by Gasteiger charge is -2.15. The molecule has 52 heavy (non-hydrogen) atoms. The fourth-order valence-corrected chi connectivity index (χ4v) is 9.25. The normalized spacial score (nSPS) is 11.8. The van der Waals surface area contributed by atoms with Gasteiger partial charge in [0.15, 0.2) is 5.82 Å². The average Bonchev–Trinajstić information content (AvgIpc) is 3.77. The average molecular weight is 680 g/mol. The second kappa shape index (κ2) is 11.5. The Hall–Kier alpha value is -6.62. The van der Waals surface area contributed by atoms with Crippen LogP contribution in [0.3, 0.4) is 0 Å². The lowest BCUT2D eigenvalue weighted by molar-refractivity contribution is 1.17. The van der Waals surface area contributed by atoms with Crippen molar-refractivity contribution in [1.29, 1.82) is 0 Å². The van der Waals surface area contributed by atoms with Crippen molar-refractivity contribution in [2.45, 2.75) is 0 Å². The van der Waals surface area contributed by atoms with E-state index in [2.05, 4.69) is 180 Å². The molecule has 0 aliphatic rings. The lowest BCUT2D eigenvalue weighted by Crippen LogP contribution is -1.99. The number of rotatable bonds is 4. The van der Waals surface area contributed by atoms with Crippen LogP contribution < -0.4 is 0 Å². The van der Waals surface area contributed by atoms with Crippen molar-refractivity contribution in [2.75, 3.05) is 0 Å². The predicted octanol–water partition coefficient (Wildman–Crippen LogP) is 13.2. The third kappa shape index (κ3) is 4.45. The van der Waals surface area contributed by atoms with Crippen LogP contribution in [0.2, 0.25) is 0 Å². The molecule has 0 bridgehead atoms. The number of fused-ring (bicyclic) bond motifs is 9. The van der Waals surface area contributed by atoms with Crippen LogP contribution in [0.5, 0.6) is 0 Å². The molecular weight excluding hydrogens is 651 g/mol. The first-order valence-electron chi connectivity index (χ1n) is 17.6. The minimum atomic E-state index is 0.704. The molecule has 3 heterocycles. The quantitative estimate of drug-likeness (QED) is 0.173. The highest BCUT2D eigenvalue weighted by molar-refractivity contribution is 7.26. The molecule has 0 spiro atoms. The summed E-state index contributed by atoms with van der Waals surface area (Å²) >= 11 is 1.86. The summed E-state index contributed by atoms with van der Waals surface area (Å²) in [6.45, 7) is 0. The molecule has 3 nitrogen and oxygen atoms in total. The zero-order valence-electron chi connectivity index (χ0n) is 28.0. The third-order valence-electron chi connectivity index (χ3n) is 10.4. The Bertz CT molecular complexity index is 3140. The number of para-hydroxylation sites is 2. The van der Waals surface area contributed by atoms with E-state index in [1.54, 1.807) is 0 Å². The predicted molar refractivity (Wildman–Crippen MR) is 221 cm³/mol. The zero-order valence-corrected chi connectivity index (χ0v) is 28.8. The minimum absolute atomic E-state index is 0.704. The van der Waals surface area contributed by atoms with E-state index in [1.165, 1.54) is 47.5 Å². The van der Waals surface area contributed by atoms with Crippen LogP contribution in [-0.2, 0) is 0 Å². The van der Waals surface area contributed by atoms with Crippen molar-refractivity contribution in [3.05, 3.63) is 176 Å². The molecule has 0 saturated heterocycles. The summed E-state index contributed by atoms with van der Waals surface area (Å²) in [6.07, 6.45) is 0. The summed E-state index contributed by atoms with van der Waals surface area (Å²) in [6, 6.07) is 63.1. The highest BCUT2D eigenvalue weighted by Gasteiger charge is 2.19. The Morgan fingerprint density at radius 2 is 1.08 bits per heavy atom. The van der Waals surface area contributed by atoms with Gasteiger partial charge < -0.3 is 4.57 Å².